The monoisotopic (exact) mass is 330 g/mol. The zero-order valence-electron chi connectivity index (χ0n) is 15.7. The summed E-state index contributed by atoms with van der Waals surface area (Å²) < 4.78 is 6.03. The van der Waals surface area contributed by atoms with E-state index < -0.39 is 5.72 Å². The molecular weight excluding hydrogens is 300 g/mol. The first kappa shape index (κ1) is 17.4. The van der Waals surface area contributed by atoms with E-state index in [1.165, 1.54) is 5.56 Å². The molecule has 4 heteroatoms. The standard InChI is InChI=1S/C20H30N2O2/c1-14(2)16-13-24-20(5,6)22(16)17-18(23)21(19(17,3)4)12-15-10-8-7-9-11-15/h7-11,14,16-17H,12-13H2,1-6H3/t16-,17-/m1/s1. The van der Waals surface area contributed by atoms with Crippen LogP contribution in [-0.2, 0) is 16.1 Å². The second-order valence-corrected chi connectivity index (χ2v) is 8.44. The molecule has 0 radical (unpaired) electrons. The molecule has 2 aliphatic heterocycles. The van der Waals surface area contributed by atoms with Crippen molar-refractivity contribution in [2.75, 3.05) is 6.61 Å². The Morgan fingerprint density at radius 1 is 1.17 bits per heavy atom. The van der Waals surface area contributed by atoms with Gasteiger partial charge < -0.3 is 9.64 Å². The van der Waals surface area contributed by atoms with Crippen molar-refractivity contribution in [3.63, 3.8) is 0 Å². The van der Waals surface area contributed by atoms with Crippen LogP contribution in [0.1, 0.15) is 47.1 Å². The van der Waals surface area contributed by atoms with Gasteiger partial charge in [-0.2, -0.15) is 0 Å². The molecule has 0 unspecified atom stereocenters. The maximum Gasteiger partial charge on any atom is 0.243 e. The number of likely N-dealkylation sites (tertiary alicyclic amines) is 1. The van der Waals surface area contributed by atoms with E-state index in [9.17, 15) is 4.79 Å². The third kappa shape index (κ3) is 2.66. The molecule has 24 heavy (non-hydrogen) atoms. The molecule has 2 saturated heterocycles. The first-order chi connectivity index (χ1) is 11.2. The van der Waals surface area contributed by atoms with E-state index in [-0.39, 0.29) is 23.5 Å². The van der Waals surface area contributed by atoms with Crippen LogP contribution < -0.4 is 0 Å². The number of hydrogen-bond donors (Lipinski definition) is 0. The van der Waals surface area contributed by atoms with Crippen molar-refractivity contribution < 1.29 is 9.53 Å². The van der Waals surface area contributed by atoms with Gasteiger partial charge in [-0.15, -0.1) is 0 Å². The summed E-state index contributed by atoms with van der Waals surface area (Å²) in [4.78, 5) is 17.4. The molecule has 0 saturated carbocycles. The fourth-order valence-electron chi connectivity index (χ4n) is 4.18. The molecule has 0 spiro atoms. The number of benzene rings is 1. The van der Waals surface area contributed by atoms with Gasteiger partial charge in [0.15, 0.2) is 0 Å². The highest BCUT2D eigenvalue weighted by Gasteiger charge is 2.62. The summed E-state index contributed by atoms with van der Waals surface area (Å²) in [5.41, 5.74) is 0.575. The second kappa shape index (κ2) is 5.85. The summed E-state index contributed by atoms with van der Waals surface area (Å²) in [6.07, 6.45) is 0. The van der Waals surface area contributed by atoms with Crippen LogP contribution in [0.25, 0.3) is 0 Å². The molecular formula is C20H30N2O2. The van der Waals surface area contributed by atoms with Crippen molar-refractivity contribution in [1.82, 2.24) is 9.80 Å². The number of nitrogens with zero attached hydrogens (tertiary/aromatic N) is 2. The Hall–Kier alpha value is -1.39. The molecule has 1 aromatic carbocycles. The van der Waals surface area contributed by atoms with Crippen LogP contribution in [0.5, 0.6) is 0 Å². The Kier molecular flexibility index (Phi) is 4.25. The van der Waals surface area contributed by atoms with Gasteiger partial charge in [0.2, 0.25) is 5.91 Å². The zero-order valence-corrected chi connectivity index (χ0v) is 15.7. The van der Waals surface area contributed by atoms with E-state index in [0.29, 0.717) is 19.1 Å². The van der Waals surface area contributed by atoms with Gasteiger partial charge in [-0.3, -0.25) is 9.69 Å². The van der Waals surface area contributed by atoms with Gasteiger partial charge in [0, 0.05) is 12.6 Å². The molecule has 1 amide bonds. The van der Waals surface area contributed by atoms with Crippen LogP contribution in [0.15, 0.2) is 30.3 Å². The zero-order chi connectivity index (χ0) is 17.7. The van der Waals surface area contributed by atoms with Crippen LogP contribution in [0, 0.1) is 5.92 Å². The molecule has 3 rings (SSSR count). The molecule has 0 aromatic heterocycles. The number of β-lactam (4-membered cyclic amide) rings is 1. The van der Waals surface area contributed by atoms with Gasteiger partial charge in [0.05, 0.1) is 12.1 Å². The van der Waals surface area contributed by atoms with E-state index >= 15 is 0 Å². The summed E-state index contributed by atoms with van der Waals surface area (Å²) in [5, 5.41) is 0. The molecule has 4 nitrogen and oxygen atoms in total. The van der Waals surface area contributed by atoms with Crippen molar-refractivity contribution in [1.29, 1.82) is 0 Å². The van der Waals surface area contributed by atoms with Crippen LogP contribution >= 0.6 is 0 Å². The molecule has 0 aliphatic carbocycles. The van der Waals surface area contributed by atoms with Crippen LogP contribution in [0.4, 0.5) is 0 Å². The summed E-state index contributed by atoms with van der Waals surface area (Å²) in [5.74, 6) is 0.673. The minimum atomic E-state index is -0.397. The van der Waals surface area contributed by atoms with Crippen LogP contribution in [-0.4, -0.2) is 45.7 Å². The molecule has 2 aliphatic rings. The molecule has 2 fully saturated rings. The lowest BCUT2D eigenvalue weighted by molar-refractivity contribution is -0.190. The van der Waals surface area contributed by atoms with Gasteiger partial charge in [0.25, 0.3) is 0 Å². The molecule has 0 N–H and O–H groups in total. The van der Waals surface area contributed by atoms with E-state index in [4.69, 9.17) is 4.74 Å². The van der Waals surface area contributed by atoms with Gasteiger partial charge in [-0.05, 0) is 39.2 Å². The average molecular weight is 330 g/mol. The Bertz CT molecular complexity index is 609. The Morgan fingerprint density at radius 2 is 1.79 bits per heavy atom. The van der Waals surface area contributed by atoms with Crippen LogP contribution in [0.2, 0.25) is 0 Å². The maximum atomic E-state index is 13.1. The first-order valence-corrected chi connectivity index (χ1v) is 8.94. The van der Waals surface area contributed by atoms with Crippen molar-refractivity contribution in [2.24, 2.45) is 5.92 Å². The Morgan fingerprint density at radius 3 is 2.33 bits per heavy atom. The summed E-state index contributed by atoms with van der Waals surface area (Å²) in [6.45, 7) is 14.3. The van der Waals surface area contributed by atoms with Crippen molar-refractivity contribution in [3.05, 3.63) is 35.9 Å². The van der Waals surface area contributed by atoms with Gasteiger partial charge in [0.1, 0.15) is 11.8 Å². The normalized spacial score (nSPS) is 29.1. The SMILES string of the molecule is CC(C)[C@H]1COC(C)(C)N1[C@@H]1C(=O)N(Cc2ccccc2)C1(C)C. The third-order valence-corrected chi connectivity index (χ3v) is 5.68. The molecule has 0 bridgehead atoms. The lowest BCUT2D eigenvalue weighted by Gasteiger charge is -2.60. The Labute approximate surface area is 145 Å². The first-order valence-electron chi connectivity index (χ1n) is 8.94. The second-order valence-electron chi connectivity index (χ2n) is 8.44. The van der Waals surface area contributed by atoms with Gasteiger partial charge in [-0.25, -0.2) is 0 Å². The quantitative estimate of drug-likeness (QED) is 0.794. The predicted octanol–water partition coefficient (Wildman–Crippen LogP) is 3.27. The summed E-state index contributed by atoms with van der Waals surface area (Å²) >= 11 is 0. The Balaban J connectivity index is 1.84. The van der Waals surface area contributed by atoms with E-state index in [1.54, 1.807) is 0 Å². The number of carbonyl (C=O) groups excluding carboxylic acids is 1. The topological polar surface area (TPSA) is 32.8 Å². The summed E-state index contributed by atoms with van der Waals surface area (Å²) in [7, 11) is 0. The highest BCUT2D eigenvalue weighted by molar-refractivity contribution is 5.91. The molecule has 1 aromatic rings. The smallest absolute Gasteiger partial charge is 0.243 e. The number of hydrogen-bond acceptors (Lipinski definition) is 3. The predicted molar refractivity (Wildman–Crippen MR) is 95.4 cm³/mol. The fourth-order valence-corrected chi connectivity index (χ4v) is 4.18. The van der Waals surface area contributed by atoms with Gasteiger partial charge >= 0.3 is 0 Å². The maximum absolute atomic E-state index is 13.1. The molecule has 2 heterocycles. The van der Waals surface area contributed by atoms with E-state index in [1.807, 2.05) is 23.1 Å². The lowest BCUT2D eigenvalue weighted by atomic mass is 9.78. The number of rotatable bonds is 4. The minimum absolute atomic E-state index is 0.119. The fraction of sp³-hybridized carbons (Fsp3) is 0.650. The van der Waals surface area contributed by atoms with Crippen LogP contribution in [0.3, 0.4) is 0 Å². The van der Waals surface area contributed by atoms with E-state index in [0.717, 1.165) is 0 Å². The van der Waals surface area contributed by atoms with Crippen molar-refractivity contribution in [3.8, 4) is 0 Å². The largest absolute Gasteiger partial charge is 0.359 e. The summed E-state index contributed by atoms with van der Waals surface area (Å²) in [6, 6.07) is 10.4. The third-order valence-electron chi connectivity index (χ3n) is 5.68. The molecule has 2 atom stereocenters. The van der Waals surface area contributed by atoms with Crippen molar-refractivity contribution in [2.45, 2.75) is 71.4 Å². The number of carbonyl (C=O) groups is 1. The van der Waals surface area contributed by atoms with E-state index in [2.05, 4.69) is 58.6 Å². The highest BCUT2D eigenvalue weighted by atomic mass is 16.5. The number of ether oxygens (including phenoxy) is 1. The average Bonchev–Trinajstić information content (AvgIpc) is 2.81. The highest BCUT2D eigenvalue weighted by Crippen LogP contribution is 2.44. The lowest BCUT2D eigenvalue weighted by Crippen LogP contribution is -2.78. The van der Waals surface area contributed by atoms with Crippen molar-refractivity contribution >= 4 is 5.91 Å². The van der Waals surface area contributed by atoms with Gasteiger partial charge in [-0.1, -0.05) is 44.2 Å². The minimum Gasteiger partial charge on any atom is -0.359 e. The molecule has 132 valence electrons. The number of amides is 1.